The number of carbonyl (C=O) groups excluding carboxylic acids is 1. The molecule has 0 spiro atoms. The Bertz CT molecular complexity index is 682. The van der Waals surface area contributed by atoms with Crippen molar-refractivity contribution in [3.8, 4) is 5.75 Å². The third-order valence-electron chi connectivity index (χ3n) is 4.09. The zero-order chi connectivity index (χ0) is 16.2. The number of anilines is 1. The fourth-order valence-electron chi connectivity index (χ4n) is 2.83. The minimum atomic E-state index is -0.160. The molecule has 1 aliphatic heterocycles. The summed E-state index contributed by atoms with van der Waals surface area (Å²) in [7, 11) is 0. The van der Waals surface area contributed by atoms with Gasteiger partial charge < -0.3 is 10.0 Å². The molecule has 0 radical (unpaired) electrons. The lowest BCUT2D eigenvalue weighted by atomic mass is 9.89. The summed E-state index contributed by atoms with van der Waals surface area (Å²) >= 11 is 6.05. The van der Waals surface area contributed by atoms with Crippen molar-refractivity contribution in [1.82, 2.24) is 9.88 Å². The minimum Gasteiger partial charge on any atom is -0.506 e. The van der Waals surface area contributed by atoms with Crippen molar-refractivity contribution in [1.29, 1.82) is 0 Å². The first-order valence-electron chi connectivity index (χ1n) is 7.58. The first kappa shape index (κ1) is 15.6. The highest BCUT2D eigenvalue weighted by Gasteiger charge is 2.24. The second-order valence-electron chi connectivity index (χ2n) is 5.65. The molecule has 0 atom stereocenters. The van der Waals surface area contributed by atoms with Crippen LogP contribution in [0.1, 0.15) is 24.3 Å². The molecule has 2 N–H and O–H groups in total. The first-order valence-corrected chi connectivity index (χ1v) is 7.96. The van der Waals surface area contributed by atoms with Crippen LogP contribution in [0.15, 0.2) is 42.6 Å². The summed E-state index contributed by atoms with van der Waals surface area (Å²) in [5.74, 6) is 0.944. The van der Waals surface area contributed by atoms with Gasteiger partial charge >= 0.3 is 6.03 Å². The number of carbonyl (C=O) groups is 1. The van der Waals surface area contributed by atoms with Crippen molar-refractivity contribution < 1.29 is 9.90 Å². The highest BCUT2D eigenvalue weighted by molar-refractivity contribution is 6.30. The summed E-state index contributed by atoms with van der Waals surface area (Å²) < 4.78 is 0. The number of rotatable bonds is 2. The Morgan fingerprint density at radius 1 is 1.26 bits per heavy atom. The summed E-state index contributed by atoms with van der Waals surface area (Å²) in [6.07, 6.45) is 3.13. The van der Waals surface area contributed by atoms with E-state index in [1.165, 1.54) is 17.8 Å². The number of nitrogens with zero attached hydrogens (tertiary/aromatic N) is 2. The average Bonchev–Trinajstić information content (AvgIpc) is 2.57. The van der Waals surface area contributed by atoms with E-state index in [1.807, 2.05) is 18.2 Å². The van der Waals surface area contributed by atoms with Gasteiger partial charge in [-0.2, -0.15) is 0 Å². The number of piperidine rings is 1. The number of halogens is 1. The van der Waals surface area contributed by atoms with Crippen molar-refractivity contribution in [2.45, 2.75) is 18.8 Å². The van der Waals surface area contributed by atoms with Gasteiger partial charge in [-0.1, -0.05) is 23.7 Å². The van der Waals surface area contributed by atoms with Gasteiger partial charge in [0.15, 0.2) is 0 Å². The van der Waals surface area contributed by atoms with Crippen LogP contribution in [-0.4, -0.2) is 34.1 Å². The van der Waals surface area contributed by atoms with Gasteiger partial charge in [-0.05, 0) is 48.6 Å². The number of urea groups is 1. The van der Waals surface area contributed by atoms with E-state index in [4.69, 9.17) is 11.6 Å². The van der Waals surface area contributed by atoms with E-state index < -0.39 is 0 Å². The smallest absolute Gasteiger partial charge is 0.323 e. The van der Waals surface area contributed by atoms with E-state index >= 15 is 0 Å². The molecule has 0 unspecified atom stereocenters. The van der Waals surface area contributed by atoms with Gasteiger partial charge in [-0.3, -0.25) is 5.32 Å². The van der Waals surface area contributed by atoms with Gasteiger partial charge in [0.25, 0.3) is 0 Å². The first-order chi connectivity index (χ1) is 11.1. The molecule has 0 saturated carbocycles. The topological polar surface area (TPSA) is 65.5 Å². The summed E-state index contributed by atoms with van der Waals surface area (Å²) in [5.41, 5.74) is 1.23. The standard InChI is InChI=1S/C17H18ClN3O2/c18-14-3-1-2-13(10-14)12-6-8-21(9-7-12)17(23)20-16-5-4-15(22)11-19-16/h1-5,10-12,22H,6-9H2,(H,19,20,23). The van der Waals surface area contributed by atoms with E-state index in [2.05, 4.69) is 16.4 Å². The molecule has 2 heterocycles. The fourth-order valence-corrected chi connectivity index (χ4v) is 3.02. The van der Waals surface area contributed by atoms with Gasteiger partial charge in [-0.25, -0.2) is 9.78 Å². The zero-order valence-electron chi connectivity index (χ0n) is 12.6. The molecule has 5 nitrogen and oxygen atoms in total. The summed E-state index contributed by atoms with van der Waals surface area (Å²) in [5, 5.41) is 12.7. The van der Waals surface area contributed by atoms with Crippen LogP contribution in [-0.2, 0) is 0 Å². The van der Waals surface area contributed by atoms with Crippen molar-refractivity contribution in [2.75, 3.05) is 18.4 Å². The van der Waals surface area contributed by atoms with Crippen LogP contribution < -0.4 is 5.32 Å². The molecule has 0 aliphatic carbocycles. The minimum absolute atomic E-state index is 0.0744. The summed E-state index contributed by atoms with van der Waals surface area (Å²) in [4.78, 5) is 18.0. The highest BCUT2D eigenvalue weighted by atomic mass is 35.5. The predicted molar refractivity (Wildman–Crippen MR) is 89.9 cm³/mol. The molecule has 3 rings (SSSR count). The third kappa shape index (κ3) is 3.93. The SMILES string of the molecule is O=C(Nc1ccc(O)cn1)N1CCC(c2cccc(Cl)c2)CC1. The Labute approximate surface area is 139 Å². The van der Waals surface area contributed by atoms with Gasteiger partial charge in [0, 0.05) is 18.1 Å². The van der Waals surface area contributed by atoms with Crippen molar-refractivity contribution in [3.63, 3.8) is 0 Å². The second-order valence-corrected chi connectivity index (χ2v) is 6.08. The van der Waals surface area contributed by atoms with Gasteiger partial charge in [0.05, 0.1) is 6.20 Å². The molecule has 1 aromatic heterocycles. The van der Waals surface area contributed by atoms with Crippen molar-refractivity contribution in [2.24, 2.45) is 0 Å². The normalized spacial score (nSPS) is 15.4. The number of aromatic nitrogens is 1. The molecule has 2 aromatic rings. The Morgan fingerprint density at radius 3 is 2.70 bits per heavy atom. The predicted octanol–water partition coefficient (Wildman–Crippen LogP) is 3.85. The number of nitrogens with one attached hydrogen (secondary N) is 1. The van der Waals surface area contributed by atoms with Crippen LogP contribution >= 0.6 is 11.6 Å². The monoisotopic (exact) mass is 331 g/mol. The summed E-state index contributed by atoms with van der Waals surface area (Å²) in [6.45, 7) is 1.39. The van der Waals surface area contributed by atoms with Crippen LogP contribution in [0.2, 0.25) is 5.02 Å². The van der Waals surface area contributed by atoms with E-state index in [0.29, 0.717) is 24.8 Å². The molecular weight excluding hydrogens is 314 g/mol. The molecule has 6 heteroatoms. The Kier molecular flexibility index (Phi) is 4.67. The third-order valence-corrected chi connectivity index (χ3v) is 4.32. The lowest BCUT2D eigenvalue weighted by molar-refractivity contribution is 0.194. The Hall–Kier alpha value is -2.27. The lowest BCUT2D eigenvalue weighted by Crippen LogP contribution is -2.40. The number of hydrogen-bond acceptors (Lipinski definition) is 3. The molecule has 1 aliphatic rings. The van der Waals surface area contributed by atoms with Crippen LogP contribution in [0, 0.1) is 0 Å². The molecule has 0 bridgehead atoms. The molecule has 23 heavy (non-hydrogen) atoms. The van der Waals surface area contributed by atoms with Crippen molar-refractivity contribution >= 4 is 23.4 Å². The highest BCUT2D eigenvalue weighted by Crippen LogP contribution is 2.29. The molecule has 120 valence electrons. The number of pyridine rings is 1. The van der Waals surface area contributed by atoms with Crippen LogP contribution in [0.5, 0.6) is 5.75 Å². The molecule has 1 aromatic carbocycles. The molecule has 1 fully saturated rings. The van der Waals surface area contributed by atoms with Gasteiger partial charge in [0.2, 0.25) is 0 Å². The number of aromatic hydroxyl groups is 1. The van der Waals surface area contributed by atoms with E-state index in [9.17, 15) is 9.90 Å². The van der Waals surface area contributed by atoms with Crippen LogP contribution in [0.25, 0.3) is 0 Å². The van der Waals surface area contributed by atoms with Gasteiger partial charge in [0.1, 0.15) is 11.6 Å². The molecule has 2 amide bonds. The Morgan fingerprint density at radius 2 is 2.04 bits per heavy atom. The fraction of sp³-hybridized carbons (Fsp3) is 0.294. The van der Waals surface area contributed by atoms with Gasteiger partial charge in [-0.15, -0.1) is 0 Å². The maximum absolute atomic E-state index is 12.2. The number of amides is 2. The van der Waals surface area contributed by atoms with E-state index in [-0.39, 0.29) is 11.8 Å². The number of likely N-dealkylation sites (tertiary alicyclic amines) is 1. The van der Waals surface area contributed by atoms with E-state index in [1.54, 1.807) is 11.0 Å². The van der Waals surface area contributed by atoms with E-state index in [0.717, 1.165) is 17.9 Å². The zero-order valence-corrected chi connectivity index (χ0v) is 13.3. The van der Waals surface area contributed by atoms with Crippen LogP contribution in [0.4, 0.5) is 10.6 Å². The maximum atomic E-state index is 12.2. The maximum Gasteiger partial charge on any atom is 0.323 e. The number of hydrogen-bond donors (Lipinski definition) is 2. The van der Waals surface area contributed by atoms with Crippen molar-refractivity contribution in [3.05, 3.63) is 53.2 Å². The summed E-state index contributed by atoms with van der Waals surface area (Å²) in [6, 6.07) is 10.8. The largest absolute Gasteiger partial charge is 0.506 e. The van der Waals surface area contributed by atoms with Crippen LogP contribution in [0.3, 0.4) is 0 Å². The molecular formula is C17H18ClN3O2. The number of benzene rings is 1. The second kappa shape index (κ2) is 6.87. The Balaban J connectivity index is 1.56. The lowest BCUT2D eigenvalue weighted by Gasteiger charge is -2.32. The average molecular weight is 332 g/mol. The molecule has 1 saturated heterocycles. The quantitative estimate of drug-likeness (QED) is 0.878.